The first-order valence-corrected chi connectivity index (χ1v) is 6.99. The highest BCUT2D eigenvalue weighted by Crippen LogP contribution is 2.18. The molecule has 1 aromatic rings. The first-order valence-electron chi connectivity index (χ1n) is 6.99. The van der Waals surface area contributed by atoms with Crippen molar-refractivity contribution in [2.24, 2.45) is 0 Å². The molecule has 1 aliphatic rings. The summed E-state index contributed by atoms with van der Waals surface area (Å²) in [5.41, 5.74) is 1.06. The molecule has 0 spiro atoms. The Morgan fingerprint density at radius 3 is 2.40 bits per heavy atom. The Kier molecular flexibility index (Phi) is 9.10. The second kappa shape index (κ2) is 9.37. The van der Waals surface area contributed by atoms with E-state index in [1.54, 1.807) is 0 Å². The molecule has 0 saturated carbocycles. The van der Waals surface area contributed by atoms with E-state index in [4.69, 9.17) is 0 Å². The zero-order valence-electron chi connectivity index (χ0n) is 12.6. The van der Waals surface area contributed by atoms with Gasteiger partial charge >= 0.3 is 0 Å². The maximum atomic E-state index is 4.54. The number of nitrogens with one attached hydrogen (secondary N) is 1. The molecule has 0 amide bonds. The van der Waals surface area contributed by atoms with E-state index >= 15 is 0 Å². The fourth-order valence-electron chi connectivity index (χ4n) is 2.52. The van der Waals surface area contributed by atoms with E-state index in [1.165, 1.54) is 19.3 Å². The van der Waals surface area contributed by atoms with E-state index in [-0.39, 0.29) is 24.8 Å². The molecular weight excluding hydrogens is 295 g/mol. The smallest absolute Gasteiger partial charge is 0.132 e. The third-order valence-electron chi connectivity index (χ3n) is 3.45. The van der Waals surface area contributed by atoms with E-state index in [0.29, 0.717) is 6.04 Å². The van der Waals surface area contributed by atoms with Gasteiger partial charge in [0.25, 0.3) is 0 Å². The first-order chi connectivity index (χ1) is 8.69. The van der Waals surface area contributed by atoms with Crippen molar-refractivity contribution in [3.8, 4) is 0 Å². The van der Waals surface area contributed by atoms with Gasteiger partial charge in [-0.3, -0.25) is 0 Å². The molecule has 0 unspecified atom stereocenters. The number of rotatable bonds is 4. The summed E-state index contributed by atoms with van der Waals surface area (Å²) < 4.78 is 0. The highest BCUT2D eigenvalue weighted by Gasteiger charge is 2.19. The molecule has 0 aromatic carbocycles. The zero-order valence-corrected chi connectivity index (χ0v) is 14.2. The van der Waals surface area contributed by atoms with Crippen molar-refractivity contribution in [1.82, 2.24) is 15.3 Å². The number of aromatic nitrogens is 2. The minimum Gasteiger partial charge on any atom is -0.356 e. The van der Waals surface area contributed by atoms with Gasteiger partial charge in [-0.05, 0) is 39.7 Å². The van der Waals surface area contributed by atoms with Gasteiger partial charge in [0.05, 0.1) is 0 Å². The number of aryl methyl sites for hydroxylation is 2. The minimum absolute atomic E-state index is 0. The summed E-state index contributed by atoms with van der Waals surface area (Å²) in [5.74, 6) is 1.96. The van der Waals surface area contributed by atoms with Gasteiger partial charge in [0, 0.05) is 30.9 Å². The molecule has 0 aliphatic carbocycles. The topological polar surface area (TPSA) is 41.0 Å². The van der Waals surface area contributed by atoms with Crippen LogP contribution >= 0.6 is 24.8 Å². The summed E-state index contributed by atoms with van der Waals surface area (Å²) in [6.07, 6.45) is 3.63. The fourth-order valence-corrected chi connectivity index (χ4v) is 2.52. The van der Waals surface area contributed by atoms with Crippen molar-refractivity contribution in [2.45, 2.75) is 46.1 Å². The van der Waals surface area contributed by atoms with Crippen LogP contribution in [0.25, 0.3) is 0 Å². The van der Waals surface area contributed by atoms with Crippen molar-refractivity contribution in [3.63, 3.8) is 0 Å². The maximum Gasteiger partial charge on any atom is 0.132 e. The van der Waals surface area contributed by atoms with Crippen molar-refractivity contribution in [2.75, 3.05) is 24.5 Å². The molecule has 2 heterocycles. The summed E-state index contributed by atoms with van der Waals surface area (Å²) in [4.78, 5) is 11.3. The molecule has 0 radical (unpaired) electrons. The number of piperidine rings is 1. The second-order valence-electron chi connectivity index (χ2n) is 5.13. The van der Waals surface area contributed by atoms with Crippen LogP contribution in [0.2, 0.25) is 0 Å². The molecular formula is C14H26Cl2N4. The van der Waals surface area contributed by atoms with Gasteiger partial charge < -0.3 is 10.2 Å². The van der Waals surface area contributed by atoms with Crippen LogP contribution in [-0.4, -0.2) is 35.6 Å². The summed E-state index contributed by atoms with van der Waals surface area (Å²) in [7, 11) is 0. The van der Waals surface area contributed by atoms with Crippen LogP contribution in [0.1, 0.15) is 37.7 Å². The van der Waals surface area contributed by atoms with Crippen LogP contribution < -0.4 is 10.2 Å². The molecule has 1 aliphatic heterocycles. The lowest BCUT2D eigenvalue weighted by molar-refractivity contribution is 0.414. The van der Waals surface area contributed by atoms with Gasteiger partial charge in [-0.2, -0.15) is 0 Å². The minimum atomic E-state index is 0. The molecule has 1 saturated heterocycles. The van der Waals surface area contributed by atoms with Gasteiger partial charge in [0.15, 0.2) is 0 Å². The largest absolute Gasteiger partial charge is 0.356 e. The lowest BCUT2D eigenvalue weighted by Crippen LogP contribution is -2.43. The predicted octanol–water partition coefficient (Wildman–Crippen LogP) is 2.91. The van der Waals surface area contributed by atoms with Crippen molar-refractivity contribution >= 4 is 30.6 Å². The Morgan fingerprint density at radius 1 is 1.20 bits per heavy atom. The van der Waals surface area contributed by atoms with Crippen LogP contribution in [0, 0.1) is 13.8 Å². The van der Waals surface area contributed by atoms with Crippen LogP contribution in [0.3, 0.4) is 0 Å². The molecule has 1 N–H and O–H groups in total. The molecule has 0 atom stereocenters. The van der Waals surface area contributed by atoms with E-state index in [0.717, 1.165) is 37.0 Å². The summed E-state index contributed by atoms with van der Waals surface area (Å²) in [6, 6.07) is 2.78. The Morgan fingerprint density at radius 2 is 1.85 bits per heavy atom. The molecule has 20 heavy (non-hydrogen) atoms. The molecule has 1 fully saturated rings. The molecule has 116 valence electrons. The SMILES string of the molecule is CCCNC1CCN(c2cc(C)nc(C)n2)CC1.Cl.Cl. The van der Waals surface area contributed by atoms with E-state index in [1.807, 2.05) is 13.8 Å². The third kappa shape index (κ3) is 5.43. The quantitative estimate of drug-likeness (QED) is 0.926. The maximum absolute atomic E-state index is 4.54. The lowest BCUT2D eigenvalue weighted by Gasteiger charge is -2.33. The molecule has 2 rings (SSSR count). The average molecular weight is 321 g/mol. The molecule has 0 bridgehead atoms. The second-order valence-corrected chi connectivity index (χ2v) is 5.13. The summed E-state index contributed by atoms with van der Waals surface area (Å²) >= 11 is 0. The van der Waals surface area contributed by atoms with E-state index in [2.05, 4.69) is 33.2 Å². The van der Waals surface area contributed by atoms with Crippen LogP contribution in [-0.2, 0) is 0 Å². The normalized spacial score (nSPS) is 15.4. The van der Waals surface area contributed by atoms with Crippen LogP contribution in [0.15, 0.2) is 6.07 Å². The number of anilines is 1. The van der Waals surface area contributed by atoms with Crippen LogP contribution in [0.4, 0.5) is 5.82 Å². The standard InChI is InChI=1S/C14H24N4.2ClH/c1-4-7-15-13-5-8-18(9-6-13)14-10-11(2)16-12(3)17-14;;/h10,13,15H,4-9H2,1-3H3;2*1H. The fraction of sp³-hybridized carbons (Fsp3) is 0.714. The predicted molar refractivity (Wildman–Crippen MR) is 89.5 cm³/mol. The Labute approximate surface area is 134 Å². The molecule has 1 aromatic heterocycles. The Hall–Kier alpha value is -0.580. The van der Waals surface area contributed by atoms with Gasteiger partial charge in [0.2, 0.25) is 0 Å². The highest BCUT2D eigenvalue weighted by atomic mass is 35.5. The van der Waals surface area contributed by atoms with Gasteiger partial charge in [-0.25, -0.2) is 9.97 Å². The number of hydrogen-bond acceptors (Lipinski definition) is 4. The van der Waals surface area contributed by atoms with E-state index in [9.17, 15) is 0 Å². The van der Waals surface area contributed by atoms with Gasteiger partial charge in [-0.1, -0.05) is 6.92 Å². The van der Waals surface area contributed by atoms with Gasteiger partial charge in [0.1, 0.15) is 11.6 Å². The molecule has 4 nitrogen and oxygen atoms in total. The van der Waals surface area contributed by atoms with Crippen molar-refractivity contribution < 1.29 is 0 Å². The number of halogens is 2. The average Bonchev–Trinajstić information content (AvgIpc) is 2.36. The summed E-state index contributed by atoms with van der Waals surface area (Å²) in [5, 5.41) is 3.61. The Bertz CT molecular complexity index is 373. The number of nitrogens with zero attached hydrogens (tertiary/aromatic N) is 3. The third-order valence-corrected chi connectivity index (χ3v) is 3.45. The first kappa shape index (κ1) is 19.4. The van der Waals surface area contributed by atoms with E-state index < -0.39 is 0 Å². The lowest BCUT2D eigenvalue weighted by atomic mass is 10.0. The summed E-state index contributed by atoms with van der Waals surface area (Å²) in [6.45, 7) is 9.54. The van der Waals surface area contributed by atoms with Crippen molar-refractivity contribution in [3.05, 3.63) is 17.6 Å². The monoisotopic (exact) mass is 320 g/mol. The zero-order chi connectivity index (χ0) is 13.0. The van der Waals surface area contributed by atoms with Crippen molar-refractivity contribution in [1.29, 1.82) is 0 Å². The Balaban J connectivity index is 0.00000180. The van der Waals surface area contributed by atoms with Crippen LogP contribution in [0.5, 0.6) is 0 Å². The highest BCUT2D eigenvalue weighted by molar-refractivity contribution is 5.85. The number of hydrogen-bond donors (Lipinski definition) is 1. The molecule has 6 heteroatoms. The van der Waals surface area contributed by atoms with Gasteiger partial charge in [-0.15, -0.1) is 24.8 Å².